The van der Waals surface area contributed by atoms with Gasteiger partial charge < -0.3 is 10.6 Å². The number of rotatable bonds is 5. The monoisotopic (exact) mass is 658 g/mol. The van der Waals surface area contributed by atoms with Gasteiger partial charge in [0.1, 0.15) is 0 Å². The molecular weight excluding hydrogens is 622 g/mol. The van der Waals surface area contributed by atoms with E-state index in [4.69, 9.17) is 5.73 Å². The van der Waals surface area contributed by atoms with Crippen molar-refractivity contribution in [3.63, 3.8) is 0 Å². The molecule has 4 aromatic rings. The Morgan fingerprint density at radius 2 is 1.06 bits per heavy atom. The Balaban J connectivity index is 0.000000168. The fourth-order valence-corrected chi connectivity index (χ4v) is 6.73. The van der Waals surface area contributed by atoms with Crippen LogP contribution in [0.3, 0.4) is 0 Å². The van der Waals surface area contributed by atoms with Crippen molar-refractivity contribution in [2.45, 2.75) is 89.7 Å². The molecular formula is C34H36F6N6O. The Morgan fingerprint density at radius 3 is 1.49 bits per heavy atom. The smallest absolute Gasteiger partial charge is 0.399 e. The van der Waals surface area contributed by atoms with Crippen molar-refractivity contribution < 1.29 is 31.1 Å². The highest BCUT2D eigenvalue weighted by Crippen LogP contribution is 2.37. The van der Waals surface area contributed by atoms with Crippen LogP contribution in [0.25, 0.3) is 0 Å². The lowest BCUT2D eigenvalue weighted by Gasteiger charge is -2.17. The van der Waals surface area contributed by atoms with Gasteiger partial charge in [-0.05, 0) is 93.2 Å². The minimum atomic E-state index is -4.41. The Morgan fingerprint density at radius 1 is 0.617 bits per heavy atom. The van der Waals surface area contributed by atoms with Gasteiger partial charge in [-0.2, -0.15) is 36.5 Å². The maximum atomic E-state index is 13.3. The molecule has 1 aliphatic heterocycles. The van der Waals surface area contributed by atoms with Crippen molar-refractivity contribution in [2.75, 3.05) is 17.2 Å². The third kappa shape index (κ3) is 7.18. The highest BCUT2D eigenvalue weighted by molar-refractivity contribution is 5.95. The number of anilines is 2. The van der Waals surface area contributed by atoms with Gasteiger partial charge in [-0.3, -0.25) is 14.2 Å². The molecule has 3 aliphatic rings. The summed E-state index contributed by atoms with van der Waals surface area (Å²) in [5, 5.41) is 7.74. The van der Waals surface area contributed by atoms with Gasteiger partial charge in [-0.25, -0.2) is 0 Å². The van der Waals surface area contributed by atoms with Crippen LogP contribution in [0, 0.1) is 0 Å². The Bertz CT molecular complexity index is 1720. The van der Waals surface area contributed by atoms with E-state index in [1.54, 1.807) is 17.0 Å². The standard InChI is InChI=1S/C19H20F3N3O.C15H16F3N3/c20-19(21,22)18-15-4-1-2-5-16(15)25(23-18)12-13-7-9-14(10-8-13)24-11-3-6-17(24)26;16-15(17,18)14-12-3-1-2-4-13(12)21(20-14)9-10-5-7-11(19)8-6-10/h7-10H,1-6,11-12H2;5-8H,1-4,9,19H2. The van der Waals surface area contributed by atoms with E-state index in [9.17, 15) is 31.1 Å². The minimum Gasteiger partial charge on any atom is -0.399 e. The first-order chi connectivity index (χ1) is 22.4. The van der Waals surface area contributed by atoms with Crippen molar-refractivity contribution in [1.82, 2.24) is 19.6 Å². The summed E-state index contributed by atoms with van der Waals surface area (Å²) in [7, 11) is 0. The summed E-state index contributed by atoms with van der Waals surface area (Å²) in [4.78, 5) is 13.6. The van der Waals surface area contributed by atoms with Crippen LogP contribution < -0.4 is 10.6 Å². The molecule has 47 heavy (non-hydrogen) atoms. The molecule has 0 unspecified atom stereocenters. The van der Waals surface area contributed by atoms with Crippen LogP contribution in [0.2, 0.25) is 0 Å². The van der Waals surface area contributed by atoms with E-state index in [1.807, 2.05) is 36.4 Å². The number of nitrogen functional groups attached to an aromatic ring is 1. The second kappa shape index (κ2) is 13.1. The van der Waals surface area contributed by atoms with Crippen molar-refractivity contribution in [2.24, 2.45) is 0 Å². The van der Waals surface area contributed by atoms with Crippen LogP contribution in [0.1, 0.15) is 83.6 Å². The van der Waals surface area contributed by atoms with E-state index in [1.165, 1.54) is 9.36 Å². The molecule has 1 saturated heterocycles. The fraction of sp³-hybridized carbons (Fsp3) is 0.441. The number of benzene rings is 2. The molecule has 3 heterocycles. The summed E-state index contributed by atoms with van der Waals surface area (Å²) in [6.45, 7) is 1.38. The van der Waals surface area contributed by atoms with Crippen LogP contribution in [-0.2, 0) is 55.9 Å². The van der Waals surface area contributed by atoms with Crippen molar-refractivity contribution in [1.29, 1.82) is 0 Å². The van der Waals surface area contributed by atoms with Crippen molar-refractivity contribution in [3.8, 4) is 0 Å². The van der Waals surface area contributed by atoms with E-state index in [2.05, 4.69) is 10.2 Å². The van der Waals surface area contributed by atoms with Gasteiger partial charge in [-0.1, -0.05) is 24.3 Å². The minimum absolute atomic E-state index is 0.119. The zero-order valence-corrected chi connectivity index (χ0v) is 25.8. The number of aromatic nitrogens is 4. The lowest BCUT2D eigenvalue weighted by atomic mass is 9.95. The Kier molecular flexibility index (Phi) is 9.08. The van der Waals surface area contributed by atoms with Crippen molar-refractivity contribution >= 4 is 17.3 Å². The molecule has 2 aromatic carbocycles. The van der Waals surface area contributed by atoms with E-state index >= 15 is 0 Å². The van der Waals surface area contributed by atoms with Gasteiger partial charge >= 0.3 is 12.4 Å². The van der Waals surface area contributed by atoms with Gasteiger partial charge in [0.05, 0.1) is 13.1 Å². The molecule has 0 atom stereocenters. The zero-order valence-electron chi connectivity index (χ0n) is 25.8. The summed E-state index contributed by atoms with van der Waals surface area (Å²) in [5.74, 6) is 0.119. The van der Waals surface area contributed by atoms with Gasteiger partial charge in [0.25, 0.3) is 0 Å². The number of nitrogens with two attached hydrogens (primary N) is 1. The van der Waals surface area contributed by atoms with Crippen molar-refractivity contribution in [3.05, 3.63) is 93.6 Å². The number of carbonyl (C=O) groups excluding carboxylic acids is 1. The van der Waals surface area contributed by atoms with E-state index < -0.39 is 23.7 Å². The largest absolute Gasteiger partial charge is 0.435 e. The lowest BCUT2D eigenvalue weighted by molar-refractivity contribution is -0.142. The SMILES string of the molecule is Nc1ccc(Cn2nc(C(F)(F)F)c3c2CCCC3)cc1.O=C1CCCN1c1ccc(Cn2nc(C(F)(F)F)c3c2CCCC3)cc1. The number of halogens is 6. The number of hydrogen-bond acceptors (Lipinski definition) is 4. The van der Waals surface area contributed by atoms with E-state index in [0.29, 0.717) is 67.7 Å². The van der Waals surface area contributed by atoms with Gasteiger partial charge in [-0.15, -0.1) is 0 Å². The van der Waals surface area contributed by atoms with E-state index in [-0.39, 0.29) is 5.91 Å². The maximum absolute atomic E-state index is 13.3. The molecule has 0 bridgehead atoms. The topological polar surface area (TPSA) is 82.0 Å². The first-order valence-electron chi connectivity index (χ1n) is 15.9. The molecule has 0 radical (unpaired) electrons. The summed E-state index contributed by atoms with van der Waals surface area (Å²) in [5.41, 5.74) is 9.61. The summed E-state index contributed by atoms with van der Waals surface area (Å²) in [6.07, 6.45) is -1.77. The molecule has 7 rings (SSSR count). The molecule has 2 aromatic heterocycles. The average Bonchev–Trinajstić information content (AvgIpc) is 3.75. The molecule has 2 aliphatic carbocycles. The summed E-state index contributed by atoms with van der Waals surface area (Å²) < 4.78 is 82.1. The third-order valence-electron chi connectivity index (χ3n) is 9.02. The highest BCUT2D eigenvalue weighted by atomic mass is 19.4. The molecule has 13 heteroatoms. The van der Waals surface area contributed by atoms with Crippen LogP contribution >= 0.6 is 0 Å². The predicted octanol–water partition coefficient (Wildman–Crippen LogP) is 7.37. The second-order valence-corrected chi connectivity index (χ2v) is 12.3. The van der Waals surface area contributed by atoms with Crippen LogP contribution in [0.4, 0.5) is 37.7 Å². The number of carbonyl (C=O) groups is 1. The normalized spacial score (nSPS) is 16.5. The number of alkyl halides is 6. The van der Waals surface area contributed by atoms with Crippen LogP contribution in [-0.4, -0.2) is 32.0 Å². The molecule has 7 nitrogen and oxygen atoms in total. The summed E-state index contributed by atoms with van der Waals surface area (Å²) >= 11 is 0. The molecule has 0 saturated carbocycles. The van der Waals surface area contributed by atoms with Crippen LogP contribution in [0.15, 0.2) is 48.5 Å². The average molecular weight is 659 g/mol. The second-order valence-electron chi connectivity index (χ2n) is 12.3. The predicted molar refractivity (Wildman–Crippen MR) is 165 cm³/mol. The molecule has 1 amide bonds. The fourth-order valence-electron chi connectivity index (χ4n) is 6.73. The van der Waals surface area contributed by atoms with E-state index in [0.717, 1.165) is 61.2 Å². The first kappa shape index (κ1) is 32.6. The molecule has 250 valence electrons. The number of fused-ring (bicyclic) bond motifs is 2. The Hall–Kier alpha value is -4.29. The molecule has 1 fully saturated rings. The third-order valence-corrected chi connectivity index (χ3v) is 9.02. The quantitative estimate of drug-likeness (QED) is 0.179. The summed E-state index contributed by atoms with van der Waals surface area (Å²) in [6, 6.07) is 14.6. The highest BCUT2D eigenvalue weighted by Gasteiger charge is 2.40. The van der Waals surface area contributed by atoms with Gasteiger partial charge in [0.15, 0.2) is 11.4 Å². The van der Waals surface area contributed by atoms with Gasteiger partial charge in [0.2, 0.25) is 5.91 Å². The molecule has 2 N–H and O–H groups in total. The van der Waals surface area contributed by atoms with Gasteiger partial charge in [0, 0.05) is 46.9 Å². The van der Waals surface area contributed by atoms with Crippen LogP contribution in [0.5, 0.6) is 0 Å². The lowest BCUT2D eigenvalue weighted by Crippen LogP contribution is -2.23. The first-order valence-corrected chi connectivity index (χ1v) is 15.9. The number of hydrogen-bond donors (Lipinski definition) is 1. The maximum Gasteiger partial charge on any atom is 0.435 e. The molecule has 0 spiro atoms. The number of nitrogens with zero attached hydrogens (tertiary/aromatic N) is 5. The zero-order chi connectivity index (χ0) is 33.3. The number of amides is 1. The Labute approximate surface area is 268 Å².